The van der Waals surface area contributed by atoms with E-state index in [1.807, 2.05) is 13.8 Å². The smallest absolute Gasteiger partial charge is 0.289 e. The first-order chi connectivity index (χ1) is 6.19. The highest BCUT2D eigenvalue weighted by atomic mass is 35.5. The Morgan fingerprint density at radius 2 is 2.08 bits per heavy atom. The normalized spacial score (nSPS) is 10.1. The van der Waals surface area contributed by atoms with Crippen LogP contribution in [0.4, 0.5) is 0 Å². The van der Waals surface area contributed by atoms with Crippen molar-refractivity contribution in [3.05, 3.63) is 23.1 Å². The molecule has 0 fully saturated rings. The number of nitrogens with zero attached hydrogens (tertiary/aromatic N) is 1. The van der Waals surface area contributed by atoms with Gasteiger partial charge in [0.2, 0.25) is 0 Å². The highest BCUT2D eigenvalue weighted by Gasteiger charge is 2.15. The Morgan fingerprint density at radius 1 is 1.46 bits per heavy atom. The molecule has 1 heterocycles. The van der Waals surface area contributed by atoms with E-state index in [1.54, 1.807) is 17.0 Å². The summed E-state index contributed by atoms with van der Waals surface area (Å²) in [5.41, 5.74) is 0. The van der Waals surface area contributed by atoms with E-state index in [0.29, 0.717) is 18.8 Å². The third-order valence-corrected chi connectivity index (χ3v) is 2.04. The van der Waals surface area contributed by atoms with Crippen LogP contribution in [0.1, 0.15) is 24.4 Å². The molecule has 0 atom stereocenters. The van der Waals surface area contributed by atoms with Crippen LogP contribution >= 0.6 is 11.6 Å². The van der Waals surface area contributed by atoms with Gasteiger partial charge in [0.25, 0.3) is 5.91 Å². The second kappa shape index (κ2) is 4.33. The Bertz CT molecular complexity index is 292. The zero-order chi connectivity index (χ0) is 9.84. The molecule has 0 radical (unpaired) electrons. The zero-order valence-corrected chi connectivity index (χ0v) is 8.47. The first-order valence-electron chi connectivity index (χ1n) is 4.23. The van der Waals surface area contributed by atoms with Gasteiger partial charge in [0.15, 0.2) is 11.0 Å². The Kier molecular flexibility index (Phi) is 3.37. The lowest BCUT2D eigenvalue weighted by Gasteiger charge is -2.16. The van der Waals surface area contributed by atoms with E-state index < -0.39 is 0 Å². The Labute approximate surface area is 82.3 Å². The fourth-order valence-electron chi connectivity index (χ4n) is 1.10. The van der Waals surface area contributed by atoms with Crippen LogP contribution in [-0.4, -0.2) is 23.9 Å². The fraction of sp³-hybridized carbons (Fsp3) is 0.444. The standard InChI is InChI=1S/C9H12ClNO2/c1-3-11(4-2)9(12)7-5-6-8(10)13-7/h5-6H,3-4H2,1-2H3. The maximum Gasteiger partial charge on any atom is 0.289 e. The SMILES string of the molecule is CCN(CC)C(=O)c1ccc(Cl)o1. The van der Waals surface area contributed by atoms with Crippen molar-refractivity contribution in [3.63, 3.8) is 0 Å². The zero-order valence-electron chi connectivity index (χ0n) is 7.71. The molecule has 1 aromatic heterocycles. The van der Waals surface area contributed by atoms with E-state index in [4.69, 9.17) is 16.0 Å². The van der Waals surface area contributed by atoms with Crippen LogP contribution in [0.15, 0.2) is 16.5 Å². The highest BCUT2D eigenvalue weighted by molar-refractivity contribution is 6.29. The molecule has 0 aromatic carbocycles. The monoisotopic (exact) mass is 201 g/mol. The number of amides is 1. The van der Waals surface area contributed by atoms with E-state index in [-0.39, 0.29) is 11.1 Å². The minimum Gasteiger partial charge on any atom is -0.440 e. The van der Waals surface area contributed by atoms with Crippen molar-refractivity contribution in [2.45, 2.75) is 13.8 Å². The third kappa shape index (κ3) is 2.25. The number of hydrogen-bond donors (Lipinski definition) is 0. The van der Waals surface area contributed by atoms with Crippen LogP contribution in [-0.2, 0) is 0 Å². The molecule has 0 spiro atoms. The van der Waals surface area contributed by atoms with Gasteiger partial charge in [-0.3, -0.25) is 4.79 Å². The van der Waals surface area contributed by atoms with E-state index in [0.717, 1.165) is 0 Å². The lowest BCUT2D eigenvalue weighted by Crippen LogP contribution is -2.30. The lowest BCUT2D eigenvalue weighted by molar-refractivity contribution is 0.0741. The minimum atomic E-state index is -0.114. The van der Waals surface area contributed by atoms with Crippen molar-refractivity contribution < 1.29 is 9.21 Å². The first-order valence-corrected chi connectivity index (χ1v) is 4.61. The number of rotatable bonds is 3. The van der Waals surface area contributed by atoms with Crippen LogP contribution in [0, 0.1) is 0 Å². The van der Waals surface area contributed by atoms with Gasteiger partial charge < -0.3 is 9.32 Å². The van der Waals surface area contributed by atoms with Crippen molar-refractivity contribution in [2.24, 2.45) is 0 Å². The molecular weight excluding hydrogens is 190 g/mol. The van der Waals surface area contributed by atoms with E-state index in [9.17, 15) is 4.79 Å². The second-order valence-corrected chi connectivity index (χ2v) is 2.95. The summed E-state index contributed by atoms with van der Waals surface area (Å²) in [6.07, 6.45) is 0. The second-order valence-electron chi connectivity index (χ2n) is 2.58. The van der Waals surface area contributed by atoms with Crippen LogP contribution in [0.5, 0.6) is 0 Å². The molecule has 1 aromatic rings. The molecule has 0 saturated heterocycles. The summed E-state index contributed by atoms with van der Waals surface area (Å²) in [6.45, 7) is 5.19. The molecular formula is C9H12ClNO2. The van der Waals surface area contributed by atoms with Crippen LogP contribution < -0.4 is 0 Å². The van der Waals surface area contributed by atoms with Crippen LogP contribution in [0.2, 0.25) is 5.22 Å². The molecule has 0 N–H and O–H groups in total. The number of furan rings is 1. The van der Waals surface area contributed by atoms with Crippen molar-refractivity contribution in [1.82, 2.24) is 4.90 Å². The minimum absolute atomic E-state index is 0.114. The molecule has 1 amide bonds. The maximum atomic E-state index is 11.6. The molecule has 72 valence electrons. The largest absolute Gasteiger partial charge is 0.440 e. The molecule has 0 aliphatic carbocycles. The molecule has 0 aliphatic heterocycles. The highest BCUT2D eigenvalue weighted by Crippen LogP contribution is 2.14. The summed E-state index contributed by atoms with van der Waals surface area (Å²) in [4.78, 5) is 13.3. The van der Waals surface area contributed by atoms with Crippen molar-refractivity contribution in [1.29, 1.82) is 0 Å². The topological polar surface area (TPSA) is 33.5 Å². The number of hydrogen-bond acceptors (Lipinski definition) is 2. The molecule has 0 saturated carbocycles. The first kappa shape index (κ1) is 10.1. The van der Waals surface area contributed by atoms with Crippen molar-refractivity contribution in [2.75, 3.05) is 13.1 Å². The van der Waals surface area contributed by atoms with Crippen molar-refractivity contribution >= 4 is 17.5 Å². The number of carbonyl (C=O) groups is 1. The third-order valence-electron chi connectivity index (χ3n) is 1.83. The van der Waals surface area contributed by atoms with Crippen LogP contribution in [0.25, 0.3) is 0 Å². The van der Waals surface area contributed by atoms with E-state index in [1.165, 1.54) is 0 Å². The molecule has 1 rings (SSSR count). The Morgan fingerprint density at radius 3 is 2.46 bits per heavy atom. The molecule has 0 unspecified atom stereocenters. The van der Waals surface area contributed by atoms with E-state index in [2.05, 4.69) is 0 Å². The number of carbonyl (C=O) groups excluding carboxylic acids is 1. The van der Waals surface area contributed by atoms with Gasteiger partial charge in [0, 0.05) is 13.1 Å². The van der Waals surface area contributed by atoms with Gasteiger partial charge in [-0.15, -0.1) is 0 Å². The number of halogens is 1. The summed E-state index contributed by atoms with van der Waals surface area (Å²) in [6, 6.07) is 3.15. The van der Waals surface area contributed by atoms with E-state index >= 15 is 0 Å². The lowest BCUT2D eigenvalue weighted by atomic mass is 10.4. The summed E-state index contributed by atoms with van der Waals surface area (Å²) in [7, 11) is 0. The maximum absolute atomic E-state index is 11.6. The predicted octanol–water partition coefficient (Wildman–Crippen LogP) is 2.42. The van der Waals surface area contributed by atoms with Gasteiger partial charge >= 0.3 is 0 Å². The molecule has 0 aliphatic rings. The summed E-state index contributed by atoms with van der Waals surface area (Å²) in [5, 5.41) is 0.246. The van der Waals surface area contributed by atoms with Gasteiger partial charge in [-0.05, 0) is 37.6 Å². The average molecular weight is 202 g/mol. The van der Waals surface area contributed by atoms with Gasteiger partial charge in [-0.25, -0.2) is 0 Å². The summed E-state index contributed by atoms with van der Waals surface area (Å²) in [5.74, 6) is 0.186. The van der Waals surface area contributed by atoms with Crippen LogP contribution in [0.3, 0.4) is 0 Å². The Balaban J connectivity index is 2.78. The van der Waals surface area contributed by atoms with Gasteiger partial charge in [0.05, 0.1) is 0 Å². The van der Waals surface area contributed by atoms with Gasteiger partial charge in [-0.2, -0.15) is 0 Å². The molecule has 13 heavy (non-hydrogen) atoms. The van der Waals surface area contributed by atoms with Gasteiger partial charge in [0.1, 0.15) is 0 Å². The quantitative estimate of drug-likeness (QED) is 0.753. The van der Waals surface area contributed by atoms with Gasteiger partial charge in [-0.1, -0.05) is 0 Å². The Hall–Kier alpha value is -0.960. The predicted molar refractivity (Wildman–Crippen MR) is 51.0 cm³/mol. The summed E-state index contributed by atoms with van der Waals surface area (Å²) >= 11 is 5.56. The van der Waals surface area contributed by atoms with Crippen molar-refractivity contribution in [3.8, 4) is 0 Å². The fourth-order valence-corrected chi connectivity index (χ4v) is 1.24. The molecule has 0 bridgehead atoms. The molecule has 3 nitrogen and oxygen atoms in total. The average Bonchev–Trinajstić information content (AvgIpc) is 2.54. The molecule has 4 heteroatoms. The summed E-state index contributed by atoms with van der Waals surface area (Å²) < 4.78 is 5.00.